The van der Waals surface area contributed by atoms with Crippen LogP contribution in [-0.2, 0) is 6.18 Å². The van der Waals surface area contributed by atoms with E-state index in [1.165, 1.54) is 23.5 Å². The number of hydrogen-bond donors (Lipinski definition) is 1. The van der Waals surface area contributed by atoms with Gasteiger partial charge in [0.2, 0.25) is 0 Å². The fourth-order valence-electron chi connectivity index (χ4n) is 4.43. The van der Waals surface area contributed by atoms with Crippen LogP contribution in [0.4, 0.5) is 13.2 Å². The molecule has 39 heavy (non-hydrogen) atoms. The minimum absolute atomic E-state index is 0.0746. The number of benzene rings is 2. The van der Waals surface area contributed by atoms with E-state index in [0.717, 1.165) is 49.4 Å². The Morgan fingerprint density at radius 3 is 2.36 bits per heavy atom. The lowest BCUT2D eigenvalue weighted by atomic mass is 10.0. The number of carbonyl (C=O) groups is 1. The fourth-order valence-corrected chi connectivity index (χ4v) is 5.72. The van der Waals surface area contributed by atoms with Crippen LogP contribution >= 0.6 is 34.5 Å². The van der Waals surface area contributed by atoms with Gasteiger partial charge in [-0.25, -0.2) is 0 Å². The van der Waals surface area contributed by atoms with E-state index in [-0.39, 0.29) is 10.7 Å². The Bertz CT molecular complexity index is 1590. The maximum Gasteiger partial charge on any atom is 0.416 e. The Morgan fingerprint density at radius 2 is 1.69 bits per heavy atom. The van der Waals surface area contributed by atoms with Gasteiger partial charge >= 0.3 is 6.18 Å². The van der Waals surface area contributed by atoms with Crippen LogP contribution in [0.2, 0.25) is 10.0 Å². The molecule has 5 rings (SSSR count). The number of aromatic nitrogens is 2. The number of nitrogens with zero attached hydrogens (tertiary/aromatic N) is 3. The summed E-state index contributed by atoms with van der Waals surface area (Å²) in [5.41, 5.74) is 7.24. The molecule has 0 bridgehead atoms. The third kappa shape index (κ3) is 5.64. The van der Waals surface area contributed by atoms with Crippen molar-refractivity contribution in [3.05, 3.63) is 86.3 Å². The number of hydrogen-bond acceptors (Lipinski definition) is 4. The number of primary amides is 1. The van der Waals surface area contributed by atoms with Crippen molar-refractivity contribution in [1.29, 1.82) is 0 Å². The van der Waals surface area contributed by atoms with Crippen LogP contribution in [0.5, 0.6) is 0 Å². The quantitative estimate of drug-likeness (QED) is 0.256. The lowest BCUT2D eigenvalue weighted by Gasteiger charge is -2.29. The van der Waals surface area contributed by atoms with Crippen molar-refractivity contribution in [3.63, 3.8) is 0 Å². The summed E-state index contributed by atoms with van der Waals surface area (Å²) in [4.78, 5) is 15.8. The molecule has 0 aliphatic carbocycles. The standard InChI is InChI=1S/C28H21Cl2F3N4OS/c29-21-6-4-5-20(24(21)30)23-25(27(34)38)35-37(36-15-2-1-3-16-36)26(23)22-14-13-19(39-22)12-9-17-7-10-18(11-8-17)28(31,32)33/h4-8,10-11,13-14H,1-3,15-16H2,(H2,34,38). The first-order chi connectivity index (χ1) is 18.6. The molecular weight excluding hydrogens is 568 g/mol. The van der Waals surface area contributed by atoms with E-state index < -0.39 is 17.6 Å². The van der Waals surface area contributed by atoms with E-state index in [1.807, 2.05) is 12.1 Å². The summed E-state index contributed by atoms with van der Waals surface area (Å²) >= 11 is 14.3. The van der Waals surface area contributed by atoms with Crippen LogP contribution in [-0.4, -0.2) is 28.9 Å². The topological polar surface area (TPSA) is 64.2 Å². The van der Waals surface area contributed by atoms with Gasteiger partial charge < -0.3 is 5.73 Å². The highest BCUT2D eigenvalue weighted by molar-refractivity contribution is 7.16. The molecule has 0 saturated carbocycles. The van der Waals surface area contributed by atoms with Crippen molar-refractivity contribution in [2.75, 3.05) is 18.1 Å². The average Bonchev–Trinajstić information content (AvgIpc) is 3.54. The summed E-state index contributed by atoms with van der Waals surface area (Å²) in [7, 11) is 0. The van der Waals surface area contributed by atoms with E-state index in [2.05, 4.69) is 21.9 Å². The van der Waals surface area contributed by atoms with E-state index in [9.17, 15) is 18.0 Å². The van der Waals surface area contributed by atoms with E-state index in [1.54, 1.807) is 23.0 Å². The highest BCUT2D eigenvalue weighted by atomic mass is 35.5. The molecule has 2 aromatic heterocycles. The van der Waals surface area contributed by atoms with Gasteiger partial charge in [0.05, 0.1) is 25.4 Å². The smallest absolute Gasteiger partial charge is 0.364 e. The molecule has 5 nitrogen and oxygen atoms in total. The van der Waals surface area contributed by atoms with Crippen molar-refractivity contribution in [3.8, 4) is 33.5 Å². The number of carbonyl (C=O) groups excluding carboxylic acids is 1. The second kappa shape index (κ2) is 11.0. The number of piperidine rings is 1. The third-order valence-corrected chi connectivity index (χ3v) is 8.13. The summed E-state index contributed by atoms with van der Waals surface area (Å²) in [6.45, 7) is 1.50. The van der Waals surface area contributed by atoms with Crippen LogP contribution in [0, 0.1) is 11.8 Å². The first kappa shape index (κ1) is 27.1. The van der Waals surface area contributed by atoms with Gasteiger partial charge in [0, 0.05) is 29.8 Å². The molecular formula is C28H21Cl2F3N4OS. The molecule has 0 unspecified atom stereocenters. The number of amides is 1. The second-order valence-corrected chi connectivity index (χ2v) is 10.8. The van der Waals surface area contributed by atoms with Crippen molar-refractivity contribution in [1.82, 2.24) is 9.89 Å². The van der Waals surface area contributed by atoms with Gasteiger partial charge in [-0.2, -0.15) is 18.0 Å². The molecule has 2 aromatic carbocycles. The highest BCUT2D eigenvalue weighted by Crippen LogP contribution is 2.43. The summed E-state index contributed by atoms with van der Waals surface area (Å²) < 4.78 is 38.6. The largest absolute Gasteiger partial charge is 0.416 e. The minimum Gasteiger partial charge on any atom is -0.364 e. The molecule has 0 atom stereocenters. The lowest BCUT2D eigenvalue weighted by molar-refractivity contribution is -0.137. The van der Waals surface area contributed by atoms with Gasteiger partial charge in [-0.1, -0.05) is 47.2 Å². The van der Waals surface area contributed by atoms with Crippen LogP contribution < -0.4 is 10.7 Å². The first-order valence-electron chi connectivity index (χ1n) is 12.1. The van der Waals surface area contributed by atoms with Gasteiger partial charge in [0.25, 0.3) is 5.91 Å². The molecule has 1 saturated heterocycles. The normalized spacial score (nSPS) is 13.7. The zero-order chi connectivity index (χ0) is 27.7. The average molecular weight is 589 g/mol. The second-order valence-electron chi connectivity index (χ2n) is 8.93. The van der Waals surface area contributed by atoms with Crippen molar-refractivity contribution in [2.24, 2.45) is 5.73 Å². The van der Waals surface area contributed by atoms with Gasteiger partial charge in [0.1, 0.15) is 5.69 Å². The van der Waals surface area contributed by atoms with Crippen molar-refractivity contribution in [2.45, 2.75) is 25.4 Å². The number of rotatable bonds is 4. The minimum atomic E-state index is -4.40. The van der Waals surface area contributed by atoms with Crippen molar-refractivity contribution >= 4 is 40.4 Å². The Morgan fingerprint density at radius 1 is 0.974 bits per heavy atom. The predicted molar refractivity (Wildman–Crippen MR) is 149 cm³/mol. The Kier molecular flexibility index (Phi) is 7.63. The van der Waals surface area contributed by atoms with E-state index in [4.69, 9.17) is 28.9 Å². The predicted octanol–water partition coefficient (Wildman–Crippen LogP) is 7.22. The van der Waals surface area contributed by atoms with Gasteiger partial charge in [-0.3, -0.25) is 9.80 Å². The Labute approximate surface area is 236 Å². The Balaban J connectivity index is 1.61. The zero-order valence-corrected chi connectivity index (χ0v) is 22.7. The number of alkyl halides is 3. The fraction of sp³-hybridized carbons (Fsp3) is 0.214. The molecule has 2 N–H and O–H groups in total. The summed E-state index contributed by atoms with van der Waals surface area (Å²) in [5.74, 6) is 5.24. The van der Waals surface area contributed by atoms with Crippen LogP contribution in [0.25, 0.3) is 21.7 Å². The summed E-state index contributed by atoms with van der Waals surface area (Å²) in [5, 5.41) is 7.31. The molecule has 0 spiro atoms. The molecule has 11 heteroatoms. The van der Waals surface area contributed by atoms with Crippen LogP contribution in [0.1, 0.15) is 45.8 Å². The maximum atomic E-state index is 12.9. The number of nitrogens with two attached hydrogens (primary N) is 1. The molecule has 3 heterocycles. The van der Waals surface area contributed by atoms with E-state index in [0.29, 0.717) is 32.3 Å². The van der Waals surface area contributed by atoms with Crippen molar-refractivity contribution < 1.29 is 18.0 Å². The summed E-state index contributed by atoms with van der Waals surface area (Å²) in [6.07, 6.45) is -1.34. The molecule has 1 aliphatic heterocycles. The molecule has 1 fully saturated rings. The number of halogens is 5. The third-order valence-electron chi connectivity index (χ3n) is 6.30. The molecule has 0 radical (unpaired) electrons. The molecule has 200 valence electrons. The van der Waals surface area contributed by atoms with Gasteiger partial charge in [-0.15, -0.1) is 16.4 Å². The van der Waals surface area contributed by atoms with Gasteiger partial charge in [-0.05, 0) is 61.7 Å². The molecule has 1 aliphatic rings. The Hall–Kier alpha value is -3.45. The summed E-state index contributed by atoms with van der Waals surface area (Å²) in [6, 6.07) is 13.5. The van der Waals surface area contributed by atoms with E-state index >= 15 is 0 Å². The first-order valence-corrected chi connectivity index (χ1v) is 13.6. The lowest BCUT2D eigenvalue weighted by Crippen LogP contribution is -2.40. The monoisotopic (exact) mass is 588 g/mol. The van der Waals surface area contributed by atoms with Crippen LogP contribution in [0.3, 0.4) is 0 Å². The highest BCUT2D eigenvalue weighted by Gasteiger charge is 2.30. The van der Waals surface area contributed by atoms with Crippen LogP contribution in [0.15, 0.2) is 54.6 Å². The SMILES string of the molecule is NC(=O)c1nn(N2CCCCC2)c(-c2ccc(C#Cc3ccc(C(F)(F)F)cc3)s2)c1-c1cccc(Cl)c1Cl. The molecule has 4 aromatic rings. The number of thiophene rings is 1. The maximum absolute atomic E-state index is 12.9. The van der Waals surface area contributed by atoms with Gasteiger partial charge in [0.15, 0.2) is 5.69 Å². The molecule has 1 amide bonds. The zero-order valence-electron chi connectivity index (χ0n) is 20.4.